The lowest BCUT2D eigenvalue weighted by atomic mass is 10.2. The minimum atomic E-state index is -3.60. The van der Waals surface area contributed by atoms with Crippen LogP contribution < -0.4 is 4.74 Å². The smallest absolute Gasteiger partial charge is 0.237 e. The number of hydrogen-bond acceptors (Lipinski definition) is 4. The third-order valence-corrected chi connectivity index (χ3v) is 6.06. The molecule has 1 amide bonds. The summed E-state index contributed by atoms with van der Waals surface area (Å²) in [5.41, 5.74) is 1.55. The van der Waals surface area contributed by atoms with Crippen molar-refractivity contribution in [3.05, 3.63) is 63.6 Å². The van der Waals surface area contributed by atoms with Gasteiger partial charge < -0.3 is 9.64 Å². The summed E-state index contributed by atoms with van der Waals surface area (Å²) in [6.07, 6.45) is 1.07. The molecule has 0 saturated heterocycles. The van der Waals surface area contributed by atoms with Gasteiger partial charge in [0, 0.05) is 20.1 Å². The van der Waals surface area contributed by atoms with Gasteiger partial charge in [0.05, 0.1) is 30.0 Å². The lowest BCUT2D eigenvalue weighted by Gasteiger charge is -2.24. The highest BCUT2D eigenvalue weighted by molar-refractivity contribution is 7.88. The minimum absolute atomic E-state index is 0.0256. The highest BCUT2D eigenvalue weighted by atomic mass is 35.5. The number of sulfonamides is 1. The molecule has 2 aromatic carbocycles. The summed E-state index contributed by atoms with van der Waals surface area (Å²) in [6.45, 7) is 0.108. The molecule has 0 saturated carbocycles. The van der Waals surface area contributed by atoms with E-state index in [9.17, 15) is 13.2 Å². The Bertz CT molecular complexity index is 933. The molecule has 2 aromatic rings. The van der Waals surface area contributed by atoms with E-state index in [2.05, 4.69) is 0 Å². The largest absolute Gasteiger partial charge is 0.497 e. The van der Waals surface area contributed by atoms with Crippen molar-refractivity contribution in [2.75, 3.05) is 27.0 Å². The van der Waals surface area contributed by atoms with Gasteiger partial charge in [-0.05, 0) is 35.4 Å². The molecule has 0 bridgehead atoms. The van der Waals surface area contributed by atoms with E-state index in [0.717, 1.165) is 21.9 Å². The SMILES string of the molecule is COc1ccc(CN(C)C(=O)CN(Cc2ccc(Cl)c(Cl)c2)S(C)(=O)=O)cc1. The average molecular weight is 445 g/mol. The fourth-order valence-electron chi connectivity index (χ4n) is 2.50. The Morgan fingerprint density at radius 1 is 1.00 bits per heavy atom. The van der Waals surface area contributed by atoms with Gasteiger partial charge in [-0.1, -0.05) is 41.4 Å². The summed E-state index contributed by atoms with van der Waals surface area (Å²) in [5, 5.41) is 0.710. The molecule has 0 N–H and O–H groups in total. The summed E-state index contributed by atoms with van der Waals surface area (Å²) in [6, 6.07) is 12.2. The normalized spacial score (nSPS) is 11.5. The van der Waals surface area contributed by atoms with Crippen molar-refractivity contribution in [1.29, 1.82) is 0 Å². The van der Waals surface area contributed by atoms with Crippen molar-refractivity contribution < 1.29 is 17.9 Å². The molecule has 2 rings (SSSR count). The molecule has 152 valence electrons. The molecule has 9 heteroatoms. The molecule has 0 aliphatic rings. The molecular weight excluding hydrogens is 423 g/mol. The van der Waals surface area contributed by atoms with Gasteiger partial charge in [-0.2, -0.15) is 4.31 Å². The van der Waals surface area contributed by atoms with Crippen LogP contribution in [0.4, 0.5) is 0 Å². The number of benzene rings is 2. The quantitative estimate of drug-likeness (QED) is 0.625. The van der Waals surface area contributed by atoms with Crippen LogP contribution in [0.15, 0.2) is 42.5 Å². The summed E-state index contributed by atoms with van der Waals surface area (Å²) in [4.78, 5) is 14.1. The Labute approximate surface area is 175 Å². The van der Waals surface area contributed by atoms with E-state index >= 15 is 0 Å². The number of nitrogens with zero attached hydrogens (tertiary/aromatic N) is 2. The van der Waals surface area contributed by atoms with Gasteiger partial charge in [0.2, 0.25) is 15.9 Å². The maximum absolute atomic E-state index is 12.6. The standard InChI is InChI=1S/C19H22Cl2N2O4S/c1-22(11-14-4-7-16(27-2)8-5-14)19(24)13-23(28(3,25)26)12-15-6-9-17(20)18(21)10-15/h4-10H,11-13H2,1-3H3. The number of amides is 1. The molecule has 0 aliphatic carbocycles. The molecule has 0 fully saturated rings. The maximum atomic E-state index is 12.6. The Kier molecular flexibility index (Phi) is 7.71. The molecule has 6 nitrogen and oxygen atoms in total. The van der Waals surface area contributed by atoms with E-state index in [1.165, 1.54) is 4.90 Å². The van der Waals surface area contributed by atoms with E-state index < -0.39 is 10.0 Å². The molecule has 0 heterocycles. The second kappa shape index (κ2) is 9.60. The summed E-state index contributed by atoms with van der Waals surface area (Å²) in [7, 11) is -0.391. The lowest BCUT2D eigenvalue weighted by Crippen LogP contribution is -2.40. The van der Waals surface area contributed by atoms with Crippen molar-refractivity contribution >= 4 is 39.1 Å². The van der Waals surface area contributed by atoms with Crippen LogP contribution in [0.3, 0.4) is 0 Å². The lowest BCUT2D eigenvalue weighted by molar-refractivity contribution is -0.130. The Balaban J connectivity index is 2.07. The zero-order valence-electron chi connectivity index (χ0n) is 15.9. The highest BCUT2D eigenvalue weighted by Gasteiger charge is 2.23. The Morgan fingerprint density at radius 2 is 1.61 bits per heavy atom. The summed E-state index contributed by atoms with van der Waals surface area (Å²) < 4.78 is 30.5. The minimum Gasteiger partial charge on any atom is -0.497 e. The number of carbonyl (C=O) groups excluding carboxylic acids is 1. The van der Waals surface area contributed by atoms with Gasteiger partial charge in [-0.25, -0.2) is 8.42 Å². The van der Waals surface area contributed by atoms with Crippen LogP contribution in [0, 0.1) is 0 Å². The first-order chi connectivity index (χ1) is 13.1. The second-order valence-corrected chi connectivity index (χ2v) is 9.17. The maximum Gasteiger partial charge on any atom is 0.237 e. The fourth-order valence-corrected chi connectivity index (χ4v) is 3.55. The zero-order valence-corrected chi connectivity index (χ0v) is 18.2. The number of ether oxygens (including phenoxy) is 1. The van der Waals surface area contributed by atoms with Gasteiger partial charge >= 0.3 is 0 Å². The van der Waals surface area contributed by atoms with E-state index in [0.29, 0.717) is 22.2 Å². The van der Waals surface area contributed by atoms with E-state index in [4.69, 9.17) is 27.9 Å². The summed E-state index contributed by atoms with van der Waals surface area (Å²) >= 11 is 11.9. The number of methoxy groups -OCH3 is 1. The van der Waals surface area contributed by atoms with E-state index in [1.54, 1.807) is 44.5 Å². The first-order valence-corrected chi connectivity index (χ1v) is 11.0. The van der Waals surface area contributed by atoms with Crippen LogP contribution in [0.5, 0.6) is 5.75 Å². The summed E-state index contributed by atoms with van der Waals surface area (Å²) in [5.74, 6) is 0.406. The topological polar surface area (TPSA) is 66.9 Å². The molecule has 0 aliphatic heterocycles. The number of carbonyl (C=O) groups is 1. The van der Waals surface area contributed by atoms with Crippen molar-refractivity contribution in [3.63, 3.8) is 0 Å². The molecular formula is C19H22Cl2N2O4S. The van der Waals surface area contributed by atoms with Crippen molar-refractivity contribution in [2.45, 2.75) is 13.1 Å². The fraction of sp³-hybridized carbons (Fsp3) is 0.316. The van der Waals surface area contributed by atoms with Gasteiger partial charge in [0.25, 0.3) is 0 Å². The van der Waals surface area contributed by atoms with Crippen molar-refractivity contribution in [1.82, 2.24) is 9.21 Å². The molecule has 0 unspecified atom stereocenters. The number of rotatable bonds is 8. The third kappa shape index (κ3) is 6.38. The monoisotopic (exact) mass is 444 g/mol. The highest BCUT2D eigenvalue weighted by Crippen LogP contribution is 2.23. The molecule has 28 heavy (non-hydrogen) atoms. The second-order valence-electron chi connectivity index (χ2n) is 6.38. The first kappa shape index (κ1) is 22.5. The van der Waals surface area contributed by atoms with Crippen LogP contribution in [0.25, 0.3) is 0 Å². The molecule has 0 atom stereocenters. The third-order valence-electron chi connectivity index (χ3n) is 4.13. The van der Waals surface area contributed by atoms with Crippen LogP contribution in [-0.2, 0) is 27.9 Å². The molecule has 0 aromatic heterocycles. The molecule has 0 spiro atoms. The average Bonchev–Trinajstić information content (AvgIpc) is 2.63. The number of halogens is 2. The molecule has 0 radical (unpaired) electrons. The van der Waals surface area contributed by atoms with Crippen LogP contribution in [-0.4, -0.2) is 50.5 Å². The first-order valence-electron chi connectivity index (χ1n) is 8.36. The predicted molar refractivity (Wildman–Crippen MR) is 111 cm³/mol. The Morgan fingerprint density at radius 3 is 2.14 bits per heavy atom. The van der Waals surface area contributed by atoms with Crippen LogP contribution in [0.1, 0.15) is 11.1 Å². The van der Waals surface area contributed by atoms with Crippen LogP contribution >= 0.6 is 23.2 Å². The van der Waals surface area contributed by atoms with E-state index in [-0.39, 0.29) is 19.0 Å². The predicted octanol–water partition coefficient (Wildman–Crippen LogP) is 3.42. The van der Waals surface area contributed by atoms with Crippen molar-refractivity contribution in [2.24, 2.45) is 0 Å². The number of likely N-dealkylation sites (N-methyl/N-ethyl adjacent to an activating group) is 1. The van der Waals surface area contributed by atoms with Crippen LogP contribution in [0.2, 0.25) is 10.0 Å². The number of hydrogen-bond donors (Lipinski definition) is 0. The van der Waals surface area contributed by atoms with Crippen molar-refractivity contribution in [3.8, 4) is 5.75 Å². The van der Waals surface area contributed by atoms with Gasteiger partial charge in [-0.3, -0.25) is 4.79 Å². The van der Waals surface area contributed by atoms with Gasteiger partial charge in [0.1, 0.15) is 5.75 Å². The Hall–Kier alpha value is -1.80. The van der Waals surface area contributed by atoms with E-state index in [1.807, 2.05) is 12.1 Å². The van der Waals surface area contributed by atoms with Gasteiger partial charge in [0.15, 0.2) is 0 Å². The van der Waals surface area contributed by atoms with Gasteiger partial charge in [-0.15, -0.1) is 0 Å². The zero-order chi connectivity index (χ0) is 20.9.